The number of halogens is 2. The number of rotatable bonds is 5. The normalized spacial score (nSPS) is 12.2. The first kappa shape index (κ1) is 14.8. The van der Waals surface area contributed by atoms with E-state index in [4.69, 9.17) is 16.3 Å². The molecule has 1 aromatic heterocycles. The first-order valence-corrected chi connectivity index (χ1v) is 6.70. The maximum atomic E-state index is 13.3. The summed E-state index contributed by atoms with van der Waals surface area (Å²) in [4.78, 5) is 4.15. The fourth-order valence-corrected chi connectivity index (χ4v) is 2.22. The van der Waals surface area contributed by atoms with Crippen molar-refractivity contribution in [3.63, 3.8) is 0 Å². The van der Waals surface area contributed by atoms with Gasteiger partial charge < -0.3 is 10.1 Å². The lowest BCUT2D eigenvalue weighted by molar-refractivity contribution is 0.411. The monoisotopic (exact) mass is 294 g/mol. The lowest BCUT2D eigenvalue weighted by atomic mass is 10.00. The fraction of sp³-hybridized carbons (Fsp3) is 0.267. The minimum absolute atomic E-state index is 0.110. The average Bonchev–Trinajstić information content (AvgIpc) is 2.48. The van der Waals surface area contributed by atoms with Crippen LogP contribution < -0.4 is 10.1 Å². The van der Waals surface area contributed by atoms with Crippen LogP contribution in [0.3, 0.4) is 0 Å². The van der Waals surface area contributed by atoms with E-state index in [1.807, 2.05) is 13.0 Å². The van der Waals surface area contributed by atoms with Gasteiger partial charge >= 0.3 is 0 Å². The van der Waals surface area contributed by atoms with Gasteiger partial charge in [0.1, 0.15) is 11.6 Å². The van der Waals surface area contributed by atoms with Crippen molar-refractivity contribution in [1.82, 2.24) is 10.3 Å². The van der Waals surface area contributed by atoms with Crippen molar-refractivity contribution >= 4 is 11.6 Å². The van der Waals surface area contributed by atoms with Crippen molar-refractivity contribution in [2.45, 2.75) is 13.0 Å². The van der Waals surface area contributed by atoms with Crippen LogP contribution in [0.1, 0.15) is 24.1 Å². The summed E-state index contributed by atoms with van der Waals surface area (Å²) in [7, 11) is 1.60. The molecule has 1 N–H and O–H groups in total. The third-order valence-corrected chi connectivity index (χ3v) is 3.28. The summed E-state index contributed by atoms with van der Waals surface area (Å²) in [6.45, 7) is 2.77. The molecule has 1 aromatic carbocycles. The largest absolute Gasteiger partial charge is 0.495 e. The molecule has 5 heteroatoms. The van der Waals surface area contributed by atoms with E-state index in [2.05, 4.69) is 10.3 Å². The van der Waals surface area contributed by atoms with Crippen molar-refractivity contribution < 1.29 is 9.13 Å². The Labute approximate surface area is 122 Å². The zero-order valence-corrected chi connectivity index (χ0v) is 12.1. The predicted octanol–water partition coefficient (Wildman–Crippen LogP) is 3.58. The third kappa shape index (κ3) is 3.26. The molecule has 2 rings (SSSR count). The summed E-state index contributed by atoms with van der Waals surface area (Å²) >= 11 is 5.86. The highest BCUT2D eigenvalue weighted by Gasteiger charge is 2.15. The molecular formula is C15H16ClFN2O. The van der Waals surface area contributed by atoms with E-state index in [-0.39, 0.29) is 11.1 Å². The minimum atomic E-state index is -0.422. The van der Waals surface area contributed by atoms with Crippen LogP contribution in [0.4, 0.5) is 4.39 Å². The molecular weight excluding hydrogens is 279 g/mol. The molecule has 2 aromatic rings. The fourth-order valence-electron chi connectivity index (χ4n) is 2.03. The molecule has 1 unspecified atom stereocenters. The van der Waals surface area contributed by atoms with Crippen molar-refractivity contribution in [1.29, 1.82) is 0 Å². The van der Waals surface area contributed by atoms with Crippen LogP contribution in [-0.2, 0) is 0 Å². The van der Waals surface area contributed by atoms with Gasteiger partial charge in [0, 0.05) is 6.20 Å². The van der Waals surface area contributed by atoms with E-state index in [9.17, 15) is 4.39 Å². The Morgan fingerprint density at radius 2 is 2.10 bits per heavy atom. The molecule has 0 aliphatic carbocycles. The third-order valence-electron chi connectivity index (χ3n) is 2.99. The Kier molecular flexibility index (Phi) is 4.93. The SMILES string of the molecule is CCNC(c1cncc(OC)c1)c1ccc(F)c(Cl)c1. The molecule has 0 radical (unpaired) electrons. The average molecular weight is 295 g/mol. The number of nitrogens with one attached hydrogen (secondary N) is 1. The zero-order valence-electron chi connectivity index (χ0n) is 11.4. The summed E-state index contributed by atoms with van der Waals surface area (Å²) in [5.41, 5.74) is 1.82. The molecule has 0 amide bonds. The number of methoxy groups -OCH3 is 1. The smallest absolute Gasteiger partial charge is 0.141 e. The number of hydrogen-bond donors (Lipinski definition) is 1. The van der Waals surface area contributed by atoms with Gasteiger partial charge in [-0.15, -0.1) is 0 Å². The first-order chi connectivity index (χ1) is 9.65. The van der Waals surface area contributed by atoms with Gasteiger partial charge in [-0.1, -0.05) is 24.6 Å². The van der Waals surface area contributed by atoms with Crippen LogP contribution in [0, 0.1) is 5.82 Å². The number of hydrogen-bond acceptors (Lipinski definition) is 3. The Hall–Kier alpha value is -1.65. The number of nitrogens with zero attached hydrogens (tertiary/aromatic N) is 1. The summed E-state index contributed by atoms with van der Waals surface area (Å²) in [6.07, 6.45) is 3.40. The number of ether oxygens (including phenoxy) is 1. The van der Waals surface area contributed by atoms with Gasteiger partial charge in [0.05, 0.1) is 24.4 Å². The van der Waals surface area contributed by atoms with Gasteiger partial charge in [0.15, 0.2) is 0 Å². The second-order valence-corrected chi connectivity index (χ2v) is 4.73. The van der Waals surface area contributed by atoms with E-state index < -0.39 is 5.82 Å². The van der Waals surface area contributed by atoms with Crippen molar-refractivity contribution in [3.8, 4) is 5.75 Å². The second kappa shape index (κ2) is 6.68. The molecule has 0 aliphatic rings. The summed E-state index contributed by atoms with van der Waals surface area (Å²) in [6, 6.07) is 6.51. The van der Waals surface area contributed by atoms with E-state index in [1.54, 1.807) is 31.6 Å². The van der Waals surface area contributed by atoms with E-state index >= 15 is 0 Å². The van der Waals surface area contributed by atoms with Crippen LogP contribution in [-0.4, -0.2) is 18.6 Å². The van der Waals surface area contributed by atoms with Crippen LogP contribution in [0.15, 0.2) is 36.7 Å². The molecule has 0 fully saturated rings. The Morgan fingerprint density at radius 3 is 2.75 bits per heavy atom. The van der Waals surface area contributed by atoms with Crippen molar-refractivity contribution in [2.75, 3.05) is 13.7 Å². The van der Waals surface area contributed by atoms with Gasteiger partial charge in [-0.3, -0.25) is 4.98 Å². The molecule has 20 heavy (non-hydrogen) atoms. The van der Waals surface area contributed by atoms with E-state index in [0.717, 1.165) is 17.7 Å². The highest BCUT2D eigenvalue weighted by molar-refractivity contribution is 6.30. The van der Waals surface area contributed by atoms with Gasteiger partial charge in [-0.05, 0) is 35.9 Å². The molecule has 0 aliphatic heterocycles. The first-order valence-electron chi connectivity index (χ1n) is 6.33. The molecule has 0 bridgehead atoms. The van der Waals surface area contributed by atoms with Crippen molar-refractivity contribution in [3.05, 3.63) is 58.6 Å². The Morgan fingerprint density at radius 1 is 1.30 bits per heavy atom. The maximum Gasteiger partial charge on any atom is 0.141 e. The van der Waals surface area contributed by atoms with Gasteiger partial charge in [0.2, 0.25) is 0 Å². The van der Waals surface area contributed by atoms with Crippen LogP contribution in [0.25, 0.3) is 0 Å². The highest BCUT2D eigenvalue weighted by Crippen LogP contribution is 2.27. The van der Waals surface area contributed by atoms with E-state index in [1.165, 1.54) is 6.07 Å². The highest BCUT2D eigenvalue weighted by atomic mass is 35.5. The lowest BCUT2D eigenvalue weighted by Crippen LogP contribution is -2.22. The molecule has 106 valence electrons. The number of aromatic nitrogens is 1. The molecule has 0 saturated heterocycles. The predicted molar refractivity (Wildman–Crippen MR) is 77.7 cm³/mol. The minimum Gasteiger partial charge on any atom is -0.495 e. The standard InChI is InChI=1S/C15H16ClFN2O/c1-3-19-15(10-4-5-14(17)13(16)7-10)11-6-12(20-2)9-18-8-11/h4-9,15,19H,3H2,1-2H3. The van der Waals surface area contributed by atoms with Gasteiger partial charge in [0.25, 0.3) is 0 Å². The summed E-state index contributed by atoms with van der Waals surface area (Å²) in [5, 5.41) is 3.45. The van der Waals surface area contributed by atoms with Gasteiger partial charge in [-0.25, -0.2) is 4.39 Å². The molecule has 0 saturated carbocycles. The van der Waals surface area contributed by atoms with E-state index in [0.29, 0.717) is 5.75 Å². The molecule has 0 spiro atoms. The Bertz CT molecular complexity index is 592. The molecule has 3 nitrogen and oxygen atoms in total. The topological polar surface area (TPSA) is 34.2 Å². The Balaban J connectivity index is 2.41. The van der Waals surface area contributed by atoms with Crippen LogP contribution in [0.2, 0.25) is 5.02 Å². The summed E-state index contributed by atoms with van der Waals surface area (Å²) < 4.78 is 18.5. The zero-order chi connectivity index (χ0) is 14.5. The molecule has 1 heterocycles. The summed E-state index contributed by atoms with van der Waals surface area (Å²) in [5.74, 6) is 0.257. The van der Waals surface area contributed by atoms with Crippen molar-refractivity contribution in [2.24, 2.45) is 0 Å². The van der Waals surface area contributed by atoms with Gasteiger partial charge in [-0.2, -0.15) is 0 Å². The quantitative estimate of drug-likeness (QED) is 0.915. The maximum absolute atomic E-state index is 13.3. The number of benzene rings is 1. The van der Waals surface area contributed by atoms with Crippen LogP contribution in [0.5, 0.6) is 5.75 Å². The van der Waals surface area contributed by atoms with Crippen LogP contribution >= 0.6 is 11.6 Å². The second-order valence-electron chi connectivity index (χ2n) is 4.32. The lowest BCUT2D eigenvalue weighted by Gasteiger charge is -2.19. The number of pyridine rings is 1. The molecule has 1 atom stereocenters.